The molecule has 3 rings (SSSR count). The van der Waals surface area contributed by atoms with Crippen LogP contribution in [0.3, 0.4) is 0 Å². The molecule has 6 heteroatoms. The summed E-state index contributed by atoms with van der Waals surface area (Å²) in [6.45, 7) is 2.84. The molecular formula is C14H16ClN3OS. The van der Waals surface area contributed by atoms with Crippen molar-refractivity contribution >= 4 is 22.9 Å². The van der Waals surface area contributed by atoms with Crippen molar-refractivity contribution in [3.63, 3.8) is 0 Å². The van der Waals surface area contributed by atoms with E-state index in [1.165, 1.54) is 24.2 Å². The fraction of sp³-hybridized carbons (Fsp3) is 0.429. The average molecular weight is 310 g/mol. The van der Waals surface area contributed by atoms with E-state index in [-0.39, 0.29) is 0 Å². The van der Waals surface area contributed by atoms with Crippen molar-refractivity contribution in [3.05, 3.63) is 33.8 Å². The van der Waals surface area contributed by atoms with Crippen LogP contribution in [-0.2, 0) is 13.0 Å². The molecule has 1 aromatic heterocycles. The number of rotatable bonds is 6. The standard InChI is InChI=1S/C14H16ClN3OS/c1-2-9-7-11(5-6-12(9)15)19-14-18-17-13(20-14)8-16-10-3-4-10/h5-7,10,16H,2-4,8H2,1H3. The molecule has 0 radical (unpaired) electrons. The minimum Gasteiger partial charge on any atom is -0.430 e. The van der Waals surface area contributed by atoms with Crippen LogP contribution in [0.2, 0.25) is 5.02 Å². The smallest absolute Gasteiger partial charge is 0.299 e. The summed E-state index contributed by atoms with van der Waals surface area (Å²) in [5.41, 5.74) is 1.07. The predicted molar refractivity (Wildman–Crippen MR) is 80.7 cm³/mol. The molecule has 1 saturated carbocycles. The molecule has 4 nitrogen and oxygen atoms in total. The Morgan fingerprint density at radius 2 is 2.25 bits per heavy atom. The maximum Gasteiger partial charge on any atom is 0.299 e. The first-order chi connectivity index (χ1) is 9.74. The van der Waals surface area contributed by atoms with E-state index in [1.54, 1.807) is 0 Å². The number of benzene rings is 1. The molecule has 1 aliphatic carbocycles. The van der Waals surface area contributed by atoms with Crippen LogP contribution in [0.1, 0.15) is 30.3 Å². The number of aromatic nitrogens is 2. The number of hydrogen-bond acceptors (Lipinski definition) is 5. The molecule has 0 saturated heterocycles. The molecule has 1 fully saturated rings. The first-order valence-corrected chi connectivity index (χ1v) is 7.96. The van der Waals surface area contributed by atoms with E-state index in [4.69, 9.17) is 16.3 Å². The number of hydrogen-bond donors (Lipinski definition) is 1. The Morgan fingerprint density at radius 1 is 1.40 bits per heavy atom. The normalized spacial score (nSPS) is 14.5. The van der Waals surface area contributed by atoms with Crippen molar-refractivity contribution in [1.82, 2.24) is 15.5 Å². The molecule has 106 valence electrons. The van der Waals surface area contributed by atoms with E-state index in [1.807, 2.05) is 18.2 Å². The zero-order valence-electron chi connectivity index (χ0n) is 11.2. The molecule has 2 aromatic rings. The third-order valence-corrected chi connectivity index (χ3v) is 4.34. The number of halogens is 1. The monoisotopic (exact) mass is 309 g/mol. The molecule has 0 atom stereocenters. The van der Waals surface area contributed by atoms with Crippen LogP contribution >= 0.6 is 22.9 Å². The molecule has 1 aliphatic rings. The van der Waals surface area contributed by atoms with Gasteiger partial charge in [0.25, 0.3) is 5.19 Å². The molecule has 0 unspecified atom stereocenters. The number of ether oxygens (including phenoxy) is 1. The van der Waals surface area contributed by atoms with Gasteiger partial charge in [-0.3, -0.25) is 0 Å². The van der Waals surface area contributed by atoms with Crippen molar-refractivity contribution in [2.75, 3.05) is 0 Å². The largest absolute Gasteiger partial charge is 0.430 e. The molecule has 0 aliphatic heterocycles. The van der Waals surface area contributed by atoms with Crippen LogP contribution in [0, 0.1) is 0 Å². The fourth-order valence-corrected chi connectivity index (χ4v) is 2.77. The second kappa shape index (κ2) is 6.08. The zero-order chi connectivity index (χ0) is 13.9. The minimum absolute atomic E-state index is 0.571. The van der Waals surface area contributed by atoms with Crippen LogP contribution < -0.4 is 10.1 Å². The molecule has 20 heavy (non-hydrogen) atoms. The van der Waals surface area contributed by atoms with E-state index in [2.05, 4.69) is 22.4 Å². The van der Waals surface area contributed by atoms with Gasteiger partial charge in [-0.15, -0.1) is 5.10 Å². The van der Waals surface area contributed by atoms with Gasteiger partial charge in [-0.1, -0.05) is 35.0 Å². The van der Waals surface area contributed by atoms with Gasteiger partial charge in [-0.25, -0.2) is 0 Å². The highest BCUT2D eigenvalue weighted by Crippen LogP contribution is 2.29. The second-order valence-corrected chi connectivity index (χ2v) is 6.26. The van der Waals surface area contributed by atoms with E-state index in [0.717, 1.165) is 34.3 Å². The van der Waals surface area contributed by atoms with Gasteiger partial charge in [0, 0.05) is 11.1 Å². The van der Waals surface area contributed by atoms with Gasteiger partial charge in [0.2, 0.25) is 0 Å². The van der Waals surface area contributed by atoms with Crippen LogP contribution in [-0.4, -0.2) is 16.2 Å². The number of nitrogens with zero attached hydrogens (tertiary/aromatic N) is 2. The Balaban J connectivity index is 1.64. The molecule has 1 aromatic carbocycles. The van der Waals surface area contributed by atoms with Crippen molar-refractivity contribution in [3.8, 4) is 10.9 Å². The molecule has 1 N–H and O–H groups in total. The van der Waals surface area contributed by atoms with Gasteiger partial charge in [0.1, 0.15) is 10.8 Å². The lowest BCUT2D eigenvalue weighted by Gasteiger charge is -2.05. The van der Waals surface area contributed by atoms with E-state index < -0.39 is 0 Å². The summed E-state index contributed by atoms with van der Waals surface area (Å²) < 4.78 is 5.74. The summed E-state index contributed by atoms with van der Waals surface area (Å²) in [7, 11) is 0. The maximum absolute atomic E-state index is 6.09. The fourth-order valence-electron chi connectivity index (χ4n) is 1.86. The number of nitrogens with one attached hydrogen (secondary N) is 1. The van der Waals surface area contributed by atoms with Crippen molar-refractivity contribution in [1.29, 1.82) is 0 Å². The highest BCUT2D eigenvalue weighted by Gasteiger charge is 2.20. The molecular weight excluding hydrogens is 294 g/mol. The maximum atomic E-state index is 6.09. The summed E-state index contributed by atoms with van der Waals surface area (Å²) in [5.74, 6) is 0.754. The van der Waals surface area contributed by atoms with Crippen molar-refractivity contribution < 1.29 is 4.74 Å². The Morgan fingerprint density at radius 3 is 3.00 bits per heavy atom. The Labute approximate surface area is 127 Å². The van der Waals surface area contributed by atoms with Gasteiger partial charge in [0.15, 0.2) is 0 Å². The van der Waals surface area contributed by atoms with Gasteiger partial charge in [-0.05, 0) is 43.0 Å². The van der Waals surface area contributed by atoms with E-state index >= 15 is 0 Å². The van der Waals surface area contributed by atoms with E-state index in [0.29, 0.717) is 11.2 Å². The topological polar surface area (TPSA) is 47.0 Å². The highest BCUT2D eigenvalue weighted by atomic mass is 35.5. The third-order valence-electron chi connectivity index (χ3n) is 3.17. The lowest BCUT2D eigenvalue weighted by atomic mass is 10.2. The quantitative estimate of drug-likeness (QED) is 0.881. The lowest BCUT2D eigenvalue weighted by molar-refractivity contribution is 0.472. The van der Waals surface area contributed by atoms with Crippen LogP contribution in [0.25, 0.3) is 0 Å². The molecule has 0 spiro atoms. The average Bonchev–Trinajstić information content (AvgIpc) is 3.18. The second-order valence-electron chi connectivity index (χ2n) is 4.83. The summed E-state index contributed by atoms with van der Waals surface area (Å²) in [5, 5.41) is 13.9. The Kier molecular flexibility index (Phi) is 4.19. The van der Waals surface area contributed by atoms with Gasteiger partial charge >= 0.3 is 0 Å². The Bertz CT molecular complexity index is 598. The minimum atomic E-state index is 0.571. The van der Waals surface area contributed by atoms with Gasteiger partial charge in [-0.2, -0.15) is 0 Å². The van der Waals surface area contributed by atoms with Gasteiger partial charge < -0.3 is 10.1 Å². The Hall–Kier alpha value is -1.17. The lowest BCUT2D eigenvalue weighted by Crippen LogP contribution is -2.14. The molecule has 0 amide bonds. The third kappa shape index (κ3) is 3.48. The molecule has 1 heterocycles. The summed E-state index contributed by atoms with van der Waals surface area (Å²) in [6.07, 6.45) is 3.42. The van der Waals surface area contributed by atoms with Crippen LogP contribution in [0.5, 0.6) is 10.9 Å². The van der Waals surface area contributed by atoms with Crippen LogP contribution in [0.15, 0.2) is 18.2 Å². The van der Waals surface area contributed by atoms with Crippen molar-refractivity contribution in [2.45, 2.75) is 38.8 Å². The summed E-state index contributed by atoms with van der Waals surface area (Å²) >= 11 is 7.57. The molecule has 0 bridgehead atoms. The summed E-state index contributed by atoms with van der Waals surface area (Å²) in [4.78, 5) is 0. The SMILES string of the molecule is CCc1cc(Oc2nnc(CNC3CC3)s2)ccc1Cl. The zero-order valence-corrected chi connectivity index (χ0v) is 12.8. The van der Waals surface area contributed by atoms with Crippen LogP contribution in [0.4, 0.5) is 0 Å². The summed E-state index contributed by atoms with van der Waals surface area (Å²) in [6, 6.07) is 6.33. The highest BCUT2D eigenvalue weighted by molar-refractivity contribution is 7.13. The van der Waals surface area contributed by atoms with Gasteiger partial charge in [0.05, 0.1) is 6.54 Å². The number of aryl methyl sites for hydroxylation is 1. The predicted octanol–water partition coefficient (Wildman–Crippen LogP) is 3.80. The first-order valence-electron chi connectivity index (χ1n) is 6.76. The van der Waals surface area contributed by atoms with E-state index in [9.17, 15) is 0 Å². The first kappa shape index (κ1) is 13.8. The van der Waals surface area contributed by atoms with Crippen molar-refractivity contribution in [2.24, 2.45) is 0 Å².